The number of sulfonamides is 1. The van der Waals surface area contributed by atoms with Gasteiger partial charge < -0.3 is 10.2 Å². The molecule has 0 unspecified atom stereocenters. The smallest absolute Gasteiger partial charge is 0.264 e. The van der Waals surface area contributed by atoms with Crippen LogP contribution in [0.2, 0.25) is 5.02 Å². The Balaban J connectivity index is 1.55. The second kappa shape index (κ2) is 15.3. The van der Waals surface area contributed by atoms with Crippen molar-refractivity contribution in [3.05, 3.63) is 129 Å². The van der Waals surface area contributed by atoms with Crippen molar-refractivity contribution >= 4 is 55.1 Å². The third-order valence-electron chi connectivity index (χ3n) is 8.24. The Morgan fingerprint density at radius 3 is 2.13 bits per heavy atom. The van der Waals surface area contributed by atoms with Gasteiger partial charge in [-0.2, -0.15) is 0 Å². The summed E-state index contributed by atoms with van der Waals surface area (Å²) in [5.41, 5.74) is 2.99. The summed E-state index contributed by atoms with van der Waals surface area (Å²) in [5.74, 6) is -0.743. The van der Waals surface area contributed by atoms with E-state index < -0.39 is 28.5 Å². The molecule has 4 aromatic rings. The summed E-state index contributed by atoms with van der Waals surface area (Å²) in [4.78, 5) is 30.2. The molecule has 4 aromatic carbocycles. The van der Waals surface area contributed by atoms with Crippen molar-refractivity contribution in [2.45, 2.75) is 62.6 Å². The van der Waals surface area contributed by atoms with Gasteiger partial charge in [-0.15, -0.1) is 0 Å². The minimum absolute atomic E-state index is 0.00421. The minimum atomic E-state index is -4.19. The highest BCUT2D eigenvalue weighted by Gasteiger charge is 2.35. The van der Waals surface area contributed by atoms with Gasteiger partial charge in [0, 0.05) is 28.5 Å². The summed E-state index contributed by atoms with van der Waals surface area (Å²) in [5, 5.41) is 3.60. The summed E-state index contributed by atoms with van der Waals surface area (Å²) < 4.78 is 30.3. The van der Waals surface area contributed by atoms with Gasteiger partial charge in [-0.3, -0.25) is 13.9 Å². The molecule has 1 fully saturated rings. The van der Waals surface area contributed by atoms with Crippen LogP contribution in [0.3, 0.4) is 0 Å². The van der Waals surface area contributed by atoms with E-state index in [9.17, 15) is 18.0 Å². The zero-order valence-corrected chi connectivity index (χ0v) is 28.8. The van der Waals surface area contributed by atoms with Crippen LogP contribution in [0.25, 0.3) is 0 Å². The number of aryl methyl sites for hydroxylation is 1. The molecule has 0 aromatic heterocycles. The van der Waals surface area contributed by atoms with E-state index in [0.29, 0.717) is 10.7 Å². The average molecular weight is 723 g/mol. The fourth-order valence-corrected chi connectivity index (χ4v) is 7.49. The van der Waals surface area contributed by atoms with Crippen molar-refractivity contribution in [1.29, 1.82) is 0 Å². The van der Waals surface area contributed by atoms with Gasteiger partial charge in [-0.25, -0.2) is 8.42 Å². The molecule has 0 spiro atoms. The third kappa shape index (κ3) is 8.57. The summed E-state index contributed by atoms with van der Waals surface area (Å²) in [6.45, 7) is 1.51. The zero-order chi connectivity index (χ0) is 32.7. The number of rotatable bonds is 12. The number of carbonyl (C=O) groups is 2. The van der Waals surface area contributed by atoms with Crippen LogP contribution in [0.4, 0.5) is 5.69 Å². The van der Waals surface area contributed by atoms with Crippen LogP contribution < -0.4 is 9.62 Å². The number of anilines is 1. The number of amides is 2. The molecule has 0 heterocycles. The van der Waals surface area contributed by atoms with Crippen molar-refractivity contribution < 1.29 is 18.0 Å². The van der Waals surface area contributed by atoms with E-state index in [0.717, 1.165) is 51.2 Å². The molecular formula is C36H37BrClN3O4S. The Kier molecular flexibility index (Phi) is 11.2. The molecule has 0 aliphatic heterocycles. The van der Waals surface area contributed by atoms with Crippen LogP contribution in [0.15, 0.2) is 112 Å². The monoisotopic (exact) mass is 721 g/mol. The maximum atomic E-state index is 14.6. The van der Waals surface area contributed by atoms with E-state index in [1.54, 1.807) is 24.3 Å². The molecule has 240 valence electrons. The molecule has 1 saturated carbocycles. The highest BCUT2D eigenvalue weighted by Crippen LogP contribution is 2.27. The molecule has 46 heavy (non-hydrogen) atoms. The van der Waals surface area contributed by atoms with Gasteiger partial charge in [-0.1, -0.05) is 101 Å². The first kappa shape index (κ1) is 33.7. The summed E-state index contributed by atoms with van der Waals surface area (Å²) in [7, 11) is -4.19. The first-order valence-electron chi connectivity index (χ1n) is 15.3. The number of benzene rings is 4. The van der Waals surface area contributed by atoms with Crippen LogP contribution in [0.1, 0.15) is 42.4 Å². The zero-order valence-electron chi connectivity index (χ0n) is 25.6. The molecule has 0 radical (unpaired) electrons. The maximum absolute atomic E-state index is 14.6. The third-order valence-corrected chi connectivity index (χ3v) is 10.8. The fourth-order valence-electron chi connectivity index (χ4n) is 5.68. The number of nitrogens with one attached hydrogen (secondary N) is 1. The number of hydrogen-bond acceptors (Lipinski definition) is 4. The highest BCUT2D eigenvalue weighted by molar-refractivity contribution is 9.10. The minimum Gasteiger partial charge on any atom is -0.352 e. The van der Waals surface area contributed by atoms with Gasteiger partial charge in [0.2, 0.25) is 11.8 Å². The van der Waals surface area contributed by atoms with E-state index in [-0.39, 0.29) is 29.8 Å². The van der Waals surface area contributed by atoms with Crippen LogP contribution >= 0.6 is 27.5 Å². The van der Waals surface area contributed by atoms with Gasteiger partial charge in [0.1, 0.15) is 12.6 Å². The van der Waals surface area contributed by atoms with Crippen LogP contribution in [0, 0.1) is 6.92 Å². The molecule has 0 bridgehead atoms. The van der Waals surface area contributed by atoms with Crippen LogP contribution in [-0.4, -0.2) is 43.8 Å². The molecule has 10 heteroatoms. The first-order valence-corrected chi connectivity index (χ1v) is 17.9. The lowest BCUT2D eigenvalue weighted by molar-refractivity contribution is -0.140. The standard InChI is InChI=1S/C36H37BrClN3O4S/c1-26-11-19-32(20-12-26)41(46(44,45)33-21-17-30(38)18-22-33)25-35(42)40(24-28-13-15-29(37)16-14-28)34(23-27-7-3-2-4-8-27)36(43)39-31-9-5-6-10-31/h2-4,7-8,11-22,31,34H,5-6,9-10,23-25H2,1H3,(H,39,43)/t34-/m0/s1. The number of hydrogen-bond donors (Lipinski definition) is 1. The van der Waals surface area contributed by atoms with Gasteiger partial charge in [0.25, 0.3) is 10.0 Å². The Hall–Kier alpha value is -3.66. The molecule has 1 atom stereocenters. The second-order valence-corrected chi connectivity index (χ2v) is 14.9. The normalized spacial score (nSPS) is 14.1. The Morgan fingerprint density at radius 2 is 1.50 bits per heavy atom. The molecule has 1 aliphatic carbocycles. The van der Waals surface area contributed by atoms with Gasteiger partial charge in [0.05, 0.1) is 10.6 Å². The maximum Gasteiger partial charge on any atom is 0.264 e. The van der Waals surface area contributed by atoms with Gasteiger partial charge >= 0.3 is 0 Å². The van der Waals surface area contributed by atoms with Crippen molar-refractivity contribution in [3.63, 3.8) is 0 Å². The van der Waals surface area contributed by atoms with E-state index >= 15 is 0 Å². The molecule has 1 N–H and O–H groups in total. The van der Waals surface area contributed by atoms with Crippen molar-refractivity contribution in [2.24, 2.45) is 0 Å². The molecular weight excluding hydrogens is 686 g/mol. The van der Waals surface area contributed by atoms with Crippen molar-refractivity contribution in [1.82, 2.24) is 10.2 Å². The Bertz CT molecular complexity index is 1730. The Morgan fingerprint density at radius 1 is 0.870 bits per heavy atom. The van der Waals surface area contributed by atoms with Crippen LogP contribution in [-0.2, 0) is 32.6 Å². The molecule has 5 rings (SSSR count). The topological polar surface area (TPSA) is 86.8 Å². The highest BCUT2D eigenvalue weighted by atomic mass is 79.9. The SMILES string of the molecule is Cc1ccc(N(CC(=O)N(Cc2ccc(Br)cc2)[C@@H](Cc2ccccc2)C(=O)NC2CCCC2)S(=O)(=O)c2ccc(Cl)cc2)cc1. The summed E-state index contributed by atoms with van der Waals surface area (Å²) >= 11 is 9.54. The average Bonchev–Trinajstić information content (AvgIpc) is 3.56. The lowest BCUT2D eigenvalue weighted by Crippen LogP contribution is -2.54. The fraction of sp³-hybridized carbons (Fsp3) is 0.278. The summed E-state index contributed by atoms with van der Waals surface area (Å²) in [6, 6.07) is 29.1. The number of halogens is 2. The quantitative estimate of drug-likeness (QED) is 0.166. The predicted octanol–water partition coefficient (Wildman–Crippen LogP) is 7.31. The second-order valence-electron chi connectivity index (χ2n) is 11.6. The van der Waals surface area contributed by atoms with E-state index in [4.69, 9.17) is 11.6 Å². The summed E-state index contributed by atoms with van der Waals surface area (Å²) in [6.07, 6.45) is 4.15. The van der Waals surface area contributed by atoms with Gasteiger partial charge in [-0.05, 0) is 79.4 Å². The number of carbonyl (C=O) groups excluding carboxylic acids is 2. The lowest BCUT2D eigenvalue weighted by atomic mass is 10.0. The van der Waals surface area contributed by atoms with Crippen molar-refractivity contribution in [3.8, 4) is 0 Å². The largest absolute Gasteiger partial charge is 0.352 e. The van der Waals surface area contributed by atoms with Crippen molar-refractivity contribution in [2.75, 3.05) is 10.8 Å². The van der Waals surface area contributed by atoms with E-state index in [2.05, 4.69) is 21.2 Å². The van der Waals surface area contributed by atoms with E-state index in [1.807, 2.05) is 61.5 Å². The molecule has 0 saturated heterocycles. The molecule has 1 aliphatic rings. The van der Waals surface area contributed by atoms with E-state index in [1.165, 1.54) is 29.2 Å². The molecule has 2 amide bonds. The number of nitrogens with zero attached hydrogens (tertiary/aromatic N) is 2. The lowest BCUT2D eigenvalue weighted by Gasteiger charge is -2.34. The van der Waals surface area contributed by atoms with Gasteiger partial charge in [0.15, 0.2) is 0 Å². The predicted molar refractivity (Wildman–Crippen MR) is 186 cm³/mol. The molecule has 7 nitrogen and oxygen atoms in total. The van der Waals surface area contributed by atoms with Crippen LogP contribution in [0.5, 0.6) is 0 Å². The Labute approximate surface area is 284 Å². The first-order chi connectivity index (χ1) is 22.1.